The number of nitro benzene ring substituents is 1. The number of non-ortho nitro benzene ring substituents is 1. The predicted octanol–water partition coefficient (Wildman–Crippen LogP) is 3.63. The molecule has 0 fully saturated rings. The summed E-state index contributed by atoms with van der Waals surface area (Å²) in [6, 6.07) is 8.24. The van der Waals surface area contributed by atoms with Gasteiger partial charge in [0.05, 0.1) is 14.3 Å². The molecule has 0 aliphatic rings. The molecule has 0 unspecified atom stereocenters. The molecule has 2 N–H and O–H groups in total. The van der Waals surface area contributed by atoms with Gasteiger partial charge in [-0.05, 0) is 45.8 Å². The van der Waals surface area contributed by atoms with E-state index in [2.05, 4.69) is 15.9 Å². The minimum atomic E-state index is -3.87. The van der Waals surface area contributed by atoms with Crippen LogP contribution in [-0.2, 0) is 10.0 Å². The molecule has 0 amide bonds. The Bertz CT molecular complexity index is 912. The number of hydrogen-bond donors (Lipinski definition) is 1. The highest BCUT2D eigenvalue weighted by Crippen LogP contribution is 2.24. The standard InChI is InChI=1S/C16H17BrFN3O4S.ClH/c1-2-20(10-16(19)11-3-8-15(18)14(17)9-11)26(24,25)13-6-4-12(5-7-13)21(22)23;/h3-9,16H,2,10,19H2,1H3;1H/t16-;/m1./s1. The lowest BCUT2D eigenvalue weighted by atomic mass is 10.1. The Kier molecular flexibility index (Phi) is 8.30. The van der Waals surface area contributed by atoms with Gasteiger partial charge < -0.3 is 5.73 Å². The monoisotopic (exact) mass is 481 g/mol. The van der Waals surface area contributed by atoms with Crippen LogP contribution in [0, 0.1) is 15.9 Å². The Morgan fingerprint density at radius 2 is 1.85 bits per heavy atom. The van der Waals surface area contributed by atoms with Gasteiger partial charge in [-0.25, -0.2) is 12.8 Å². The Morgan fingerprint density at radius 3 is 2.33 bits per heavy atom. The molecule has 7 nitrogen and oxygen atoms in total. The normalized spacial score (nSPS) is 12.5. The molecule has 0 aliphatic heterocycles. The summed E-state index contributed by atoms with van der Waals surface area (Å²) < 4.78 is 40.3. The van der Waals surface area contributed by atoms with E-state index in [0.717, 1.165) is 12.1 Å². The summed E-state index contributed by atoms with van der Waals surface area (Å²) in [6.07, 6.45) is 0. The number of nitrogens with two attached hydrogens (primary N) is 1. The number of halogens is 3. The zero-order chi connectivity index (χ0) is 19.5. The van der Waals surface area contributed by atoms with E-state index in [1.165, 1.54) is 34.6 Å². The molecule has 27 heavy (non-hydrogen) atoms. The van der Waals surface area contributed by atoms with E-state index < -0.39 is 26.8 Å². The van der Waals surface area contributed by atoms with Crippen LogP contribution in [0.5, 0.6) is 0 Å². The molecule has 0 saturated carbocycles. The Hall–Kier alpha value is -1.59. The summed E-state index contributed by atoms with van der Waals surface area (Å²) in [5.41, 5.74) is 6.48. The average molecular weight is 483 g/mol. The minimum Gasteiger partial charge on any atom is -0.323 e. The molecule has 0 heterocycles. The van der Waals surface area contributed by atoms with Crippen molar-refractivity contribution in [3.63, 3.8) is 0 Å². The summed E-state index contributed by atoms with van der Waals surface area (Å²) in [7, 11) is -3.87. The number of nitrogens with zero attached hydrogens (tertiary/aromatic N) is 2. The fourth-order valence-electron chi connectivity index (χ4n) is 2.35. The van der Waals surface area contributed by atoms with Crippen LogP contribution in [0.25, 0.3) is 0 Å². The number of likely N-dealkylation sites (N-methyl/N-ethyl adjacent to an activating group) is 1. The molecule has 1 atom stereocenters. The summed E-state index contributed by atoms with van der Waals surface area (Å²) in [5.74, 6) is -0.438. The highest BCUT2D eigenvalue weighted by molar-refractivity contribution is 9.10. The maximum Gasteiger partial charge on any atom is 0.269 e. The lowest BCUT2D eigenvalue weighted by Crippen LogP contribution is -2.37. The van der Waals surface area contributed by atoms with E-state index in [-0.39, 0.29) is 40.6 Å². The van der Waals surface area contributed by atoms with Crippen LogP contribution in [0.2, 0.25) is 0 Å². The molecule has 0 spiro atoms. The van der Waals surface area contributed by atoms with Gasteiger partial charge in [-0.2, -0.15) is 4.31 Å². The molecule has 148 valence electrons. The van der Waals surface area contributed by atoms with Crippen LogP contribution in [0.15, 0.2) is 51.8 Å². The first-order valence-corrected chi connectivity index (χ1v) is 9.85. The zero-order valence-electron chi connectivity index (χ0n) is 14.2. The second-order valence-electron chi connectivity index (χ2n) is 5.49. The van der Waals surface area contributed by atoms with E-state index in [0.29, 0.717) is 5.56 Å². The van der Waals surface area contributed by atoms with Gasteiger partial charge in [-0.3, -0.25) is 10.1 Å². The van der Waals surface area contributed by atoms with Crippen molar-refractivity contribution in [2.24, 2.45) is 5.73 Å². The summed E-state index contributed by atoms with van der Waals surface area (Å²) in [6.45, 7) is 1.81. The molecule has 0 aliphatic carbocycles. The highest BCUT2D eigenvalue weighted by atomic mass is 79.9. The minimum absolute atomic E-state index is 0. The van der Waals surface area contributed by atoms with Crippen molar-refractivity contribution in [2.45, 2.75) is 17.9 Å². The smallest absolute Gasteiger partial charge is 0.269 e. The Morgan fingerprint density at radius 1 is 1.26 bits per heavy atom. The van der Waals surface area contributed by atoms with Crippen molar-refractivity contribution < 1.29 is 17.7 Å². The SMILES string of the molecule is CCN(C[C@@H](N)c1ccc(F)c(Br)c1)S(=O)(=O)c1ccc([N+](=O)[O-])cc1.Cl. The van der Waals surface area contributed by atoms with Crippen molar-refractivity contribution in [3.8, 4) is 0 Å². The maximum absolute atomic E-state index is 13.3. The molecule has 0 saturated heterocycles. The third-order valence-electron chi connectivity index (χ3n) is 3.81. The van der Waals surface area contributed by atoms with Gasteiger partial charge in [-0.1, -0.05) is 13.0 Å². The topological polar surface area (TPSA) is 107 Å². The van der Waals surface area contributed by atoms with E-state index in [1.54, 1.807) is 6.92 Å². The van der Waals surface area contributed by atoms with E-state index in [4.69, 9.17) is 5.73 Å². The Balaban J connectivity index is 0.00000364. The summed E-state index contributed by atoms with van der Waals surface area (Å²) in [4.78, 5) is 10.0. The van der Waals surface area contributed by atoms with Crippen LogP contribution in [0.4, 0.5) is 10.1 Å². The lowest BCUT2D eigenvalue weighted by molar-refractivity contribution is -0.384. The first kappa shape index (κ1) is 23.4. The van der Waals surface area contributed by atoms with Gasteiger partial charge in [-0.15, -0.1) is 12.4 Å². The second-order valence-corrected chi connectivity index (χ2v) is 8.28. The third kappa shape index (κ3) is 5.45. The first-order chi connectivity index (χ1) is 12.2. The number of rotatable bonds is 7. The first-order valence-electron chi connectivity index (χ1n) is 7.62. The van der Waals surface area contributed by atoms with Crippen molar-refractivity contribution in [1.29, 1.82) is 0 Å². The molecular weight excluding hydrogens is 465 g/mol. The summed E-state index contributed by atoms with van der Waals surface area (Å²) >= 11 is 3.07. The largest absolute Gasteiger partial charge is 0.323 e. The molecule has 0 radical (unpaired) electrons. The predicted molar refractivity (Wildman–Crippen MR) is 106 cm³/mol. The van der Waals surface area contributed by atoms with Gasteiger partial charge in [0, 0.05) is 31.3 Å². The maximum atomic E-state index is 13.3. The second kappa shape index (κ2) is 9.56. The van der Waals surface area contributed by atoms with Gasteiger partial charge in [0.1, 0.15) is 5.82 Å². The molecule has 0 bridgehead atoms. The Labute approximate surface area is 171 Å². The molecule has 2 rings (SSSR count). The molecule has 2 aromatic rings. The van der Waals surface area contributed by atoms with Crippen molar-refractivity contribution in [2.75, 3.05) is 13.1 Å². The van der Waals surface area contributed by atoms with E-state index in [1.807, 2.05) is 0 Å². The van der Waals surface area contributed by atoms with Crippen LogP contribution in [-0.4, -0.2) is 30.7 Å². The van der Waals surface area contributed by atoms with E-state index >= 15 is 0 Å². The fourth-order valence-corrected chi connectivity index (χ4v) is 4.23. The molecular formula is C16H18BrClFN3O4S. The van der Waals surface area contributed by atoms with Crippen LogP contribution in [0.3, 0.4) is 0 Å². The van der Waals surface area contributed by atoms with Gasteiger partial charge in [0.2, 0.25) is 10.0 Å². The van der Waals surface area contributed by atoms with Crippen molar-refractivity contribution in [3.05, 3.63) is 68.4 Å². The number of nitro groups is 1. The van der Waals surface area contributed by atoms with Crippen molar-refractivity contribution in [1.82, 2.24) is 4.31 Å². The highest BCUT2D eigenvalue weighted by Gasteiger charge is 2.26. The third-order valence-corrected chi connectivity index (χ3v) is 6.37. The van der Waals surface area contributed by atoms with Crippen LogP contribution >= 0.6 is 28.3 Å². The van der Waals surface area contributed by atoms with Crippen LogP contribution in [0.1, 0.15) is 18.5 Å². The molecule has 0 aromatic heterocycles. The van der Waals surface area contributed by atoms with Gasteiger partial charge in [0.25, 0.3) is 5.69 Å². The number of benzene rings is 2. The number of sulfonamides is 1. The quantitative estimate of drug-likeness (QED) is 0.479. The fraction of sp³-hybridized carbons (Fsp3) is 0.250. The number of hydrogen-bond acceptors (Lipinski definition) is 5. The van der Waals surface area contributed by atoms with Gasteiger partial charge >= 0.3 is 0 Å². The lowest BCUT2D eigenvalue weighted by Gasteiger charge is -2.24. The average Bonchev–Trinajstić information content (AvgIpc) is 2.61. The van der Waals surface area contributed by atoms with Crippen molar-refractivity contribution >= 4 is 44.0 Å². The zero-order valence-corrected chi connectivity index (χ0v) is 17.4. The summed E-state index contributed by atoms with van der Waals surface area (Å²) in [5, 5.41) is 10.7. The van der Waals surface area contributed by atoms with E-state index in [9.17, 15) is 22.9 Å². The van der Waals surface area contributed by atoms with Crippen LogP contribution < -0.4 is 5.73 Å². The van der Waals surface area contributed by atoms with Gasteiger partial charge in [0.15, 0.2) is 0 Å². The molecule has 11 heteroatoms. The molecule has 2 aromatic carbocycles.